The van der Waals surface area contributed by atoms with E-state index >= 15 is 0 Å². The molecule has 0 fully saturated rings. The van der Waals surface area contributed by atoms with Crippen LogP contribution in [-0.4, -0.2) is 30.2 Å². The van der Waals surface area contributed by atoms with Gasteiger partial charge < -0.3 is 15.2 Å². The molecule has 0 bridgehead atoms. The van der Waals surface area contributed by atoms with Crippen LogP contribution < -0.4 is 5.32 Å². The van der Waals surface area contributed by atoms with Crippen LogP contribution in [0.2, 0.25) is 0 Å². The van der Waals surface area contributed by atoms with E-state index in [-0.39, 0.29) is 17.6 Å². The molecule has 1 amide bonds. The summed E-state index contributed by atoms with van der Waals surface area (Å²) >= 11 is 0. The Kier molecular flexibility index (Phi) is 6.02. The number of carboxylic acids is 1. The van der Waals surface area contributed by atoms with Crippen LogP contribution in [0, 0.1) is 0 Å². The molecule has 19 heavy (non-hydrogen) atoms. The van der Waals surface area contributed by atoms with Gasteiger partial charge in [-0.25, -0.2) is 4.79 Å². The molecule has 104 valence electrons. The molecule has 0 aliphatic rings. The molecule has 0 saturated heterocycles. The predicted octanol–water partition coefficient (Wildman–Crippen LogP) is 1.82. The summed E-state index contributed by atoms with van der Waals surface area (Å²) in [5, 5.41) is 11.5. The summed E-state index contributed by atoms with van der Waals surface area (Å²) in [6.07, 6.45) is 1.17. The number of hydrogen-bond acceptors (Lipinski definition) is 3. The summed E-state index contributed by atoms with van der Waals surface area (Å²) < 4.78 is 5.06. The molecular formula is C14H19NO4. The van der Waals surface area contributed by atoms with Crippen LogP contribution >= 0.6 is 0 Å². The van der Waals surface area contributed by atoms with E-state index in [0.29, 0.717) is 19.4 Å². The van der Waals surface area contributed by atoms with Crippen molar-refractivity contribution in [2.75, 3.05) is 7.11 Å². The van der Waals surface area contributed by atoms with Gasteiger partial charge in [-0.2, -0.15) is 0 Å². The molecule has 1 unspecified atom stereocenters. The number of carbonyl (C=O) groups is 2. The fraction of sp³-hybridized carbons (Fsp3) is 0.429. The van der Waals surface area contributed by atoms with Crippen LogP contribution in [0.3, 0.4) is 0 Å². The highest BCUT2D eigenvalue weighted by Gasteiger charge is 2.06. The maximum atomic E-state index is 11.6. The molecule has 0 saturated carbocycles. The van der Waals surface area contributed by atoms with E-state index < -0.39 is 5.97 Å². The van der Waals surface area contributed by atoms with Gasteiger partial charge in [-0.1, -0.05) is 12.1 Å². The standard InChI is InChI=1S/C14H19NO4/c1-10(19-2)3-8-13(16)15-9-11-4-6-12(7-5-11)14(17)18/h4-7,10H,3,8-9H2,1-2H3,(H,15,16)(H,17,18). The molecule has 0 aromatic heterocycles. The van der Waals surface area contributed by atoms with Crippen molar-refractivity contribution in [2.24, 2.45) is 0 Å². The molecule has 1 atom stereocenters. The van der Waals surface area contributed by atoms with E-state index in [9.17, 15) is 9.59 Å². The molecule has 1 rings (SSSR count). The lowest BCUT2D eigenvalue weighted by molar-refractivity contribution is -0.121. The number of methoxy groups -OCH3 is 1. The maximum Gasteiger partial charge on any atom is 0.335 e. The van der Waals surface area contributed by atoms with Gasteiger partial charge in [0.1, 0.15) is 0 Å². The Bertz CT molecular complexity index is 428. The number of rotatable bonds is 7. The summed E-state index contributed by atoms with van der Waals surface area (Å²) in [7, 11) is 1.62. The first kappa shape index (κ1) is 15.2. The Morgan fingerprint density at radius 1 is 1.32 bits per heavy atom. The topological polar surface area (TPSA) is 75.6 Å². The monoisotopic (exact) mass is 265 g/mol. The first-order valence-electron chi connectivity index (χ1n) is 6.14. The highest BCUT2D eigenvalue weighted by atomic mass is 16.5. The molecule has 0 radical (unpaired) electrons. The Balaban J connectivity index is 2.35. The Morgan fingerprint density at radius 2 is 1.95 bits per heavy atom. The van der Waals surface area contributed by atoms with Gasteiger partial charge in [-0.05, 0) is 31.0 Å². The van der Waals surface area contributed by atoms with Crippen molar-refractivity contribution in [1.82, 2.24) is 5.32 Å². The largest absolute Gasteiger partial charge is 0.478 e. The van der Waals surface area contributed by atoms with Gasteiger partial charge in [0.25, 0.3) is 0 Å². The molecule has 1 aromatic carbocycles. The minimum absolute atomic E-state index is 0.0359. The molecule has 0 aliphatic heterocycles. The molecule has 0 aliphatic carbocycles. The Morgan fingerprint density at radius 3 is 2.47 bits per heavy atom. The van der Waals surface area contributed by atoms with Crippen molar-refractivity contribution < 1.29 is 19.4 Å². The molecule has 0 spiro atoms. The van der Waals surface area contributed by atoms with E-state index in [1.807, 2.05) is 6.92 Å². The summed E-state index contributed by atoms with van der Waals surface area (Å²) in [6.45, 7) is 2.32. The van der Waals surface area contributed by atoms with E-state index in [4.69, 9.17) is 9.84 Å². The Labute approximate surface area is 112 Å². The first-order valence-corrected chi connectivity index (χ1v) is 6.14. The molecule has 1 aromatic rings. The Hall–Kier alpha value is -1.88. The van der Waals surface area contributed by atoms with Crippen molar-refractivity contribution in [3.63, 3.8) is 0 Å². The fourth-order valence-electron chi connectivity index (χ4n) is 1.51. The lowest BCUT2D eigenvalue weighted by Crippen LogP contribution is -2.23. The van der Waals surface area contributed by atoms with Crippen LogP contribution in [0.1, 0.15) is 35.7 Å². The second kappa shape index (κ2) is 7.53. The molecule has 5 nitrogen and oxygen atoms in total. The fourth-order valence-corrected chi connectivity index (χ4v) is 1.51. The number of nitrogens with one attached hydrogen (secondary N) is 1. The quantitative estimate of drug-likeness (QED) is 0.788. The zero-order chi connectivity index (χ0) is 14.3. The van der Waals surface area contributed by atoms with Crippen LogP contribution in [0.5, 0.6) is 0 Å². The number of hydrogen-bond donors (Lipinski definition) is 2. The first-order chi connectivity index (χ1) is 9.02. The van der Waals surface area contributed by atoms with Gasteiger partial charge in [0.15, 0.2) is 0 Å². The normalized spacial score (nSPS) is 11.9. The second-order valence-corrected chi connectivity index (χ2v) is 4.36. The van der Waals surface area contributed by atoms with Gasteiger partial charge in [0, 0.05) is 20.1 Å². The number of aromatic carboxylic acids is 1. The third-order valence-electron chi connectivity index (χ3n) is 2.87. The minimum atomic E-state index is -0.955. The van der Waals surface area contributed by atoms with E-state index in [2.05, 4.69) is 5.32 Å². The van der Waals surface area contributed by atoms with E-state index in [1.54, 1.807) is 19.2 Å². The van der Waals surface area contributed by atoms with Gasteiger partial charge in [-0.15, -0.1) is 0 Å². The minimum Gasteiger partial charge on any atom is -0.478 e. The third-order valence-corrected chi connectivity index (χ3v) is 2.87. The highest BCUT2D eigenvalue weighted by Crippen LogP contribution is 2.05. The molecule has 5 heteroatoms. The van der Waals surface area contributed by atoms with Crippen molar-refractivity contribution in [3.05, 3.63) is 35.4 Å². The van der Waals surface area contributed by atoms with Crippen LogP contribution in [0.15, 0.2) is 24.3 Å². The number of ether oxygens (including phenoxy) is 1. The third kappa shape index (κ3) is 5.52. The zero-order valence-corrected chi connectivity index (χ0v) is 11.2. The average molecular weight is 265 g/mol. The van der Waals surface area contributed by atoms with Crippen molar-refractivity contribution in [3.8, 4) is 0 Å². The predicted molar refractivity (Wildman–Crippen MR) is 71.0 cm³/mol. The van der Waals surface area contributed by atoms with Crippen LogP contribution in [-0.2, 0) is 16.1 Å². The van der Waals surface area contributed by atoms with E-state index in [0.717, 1.165) is 5.56 Å². The van der Waals surface area contributed by atoms with Crippen molar-refractivity contribution >= 4 is 11.9 Å². The van der Waals surface area contributed by atoms with Gasteiger partial charge in [-0.3, -0.25) is 4.79 Å². The molecule has 2 N–H and O–H groups in total. The second-order valence-electron chi connectivity index (χ2n) is 4.36. The summed E-state index contributed by atoms with van der Waals surface area (Å²) in [5.74, 6) is -0.990. The van der Waals surface area contributed by atoms with Gasteiger partial charge in [0.05, 0.1) is 11.7 Å². The van der Waals surface area contributed by atoms with Gasteiger partial charge in [0.2, 0.25) is 5.91 Å². The molecule has 0 heterocycles. The highest BCUT2D eigenvalue weighted by molar-refractivity contribution is 5.87. The lowest BCUT2D eigenvalue weighted by atomic mass is 10.1. The van der Waals surface area contributed by atoms with Gasteiger partial charge >= 0.3 is 5.97 Å². The zero-order valence-electron chi connectivity index (χ0n) is 11.2. The van der Waals surface area contributed by atoms with Crippen molar-refractivity contribution in [1.29, 1.82) is 0 Å². The SMILES string of the molecule is COC(C)CCC(=O)NCc1ccc(C(=O)O)cc1. The number of carbonyl (C=O) groups excluding carboxylic acids is 1. The summed E-state index contributed by atoms with van der Waals surface area (Å²) in [4.78, 5) is 22.2. The molecular weight excluding hydrogens is 246 g/mol. The summed E-state index contributed by atoms with van der Waals surface area (Å²) in [5.41, 5.74) is 1.11. The van der Waals surface area contributed by atoms with Crippen LogP contribution in [0.25, 0.3) is 0 Å². The number of amides is 1. The number of benzene rings is 1. The van der Waals surface area contributed by atoms with E-state index in [1.165, 1.54) is 12.1 Å². The number of carboxylic acid groups (broad SMARTS) is 1. The smallest absolute Gasteiger partial charge is 0.335 e. The summed E-state index contributed by atoms with van der Waals surface area (Å²) in [6, 6.07) is 6.44. The average Bonchev–Trinajstić information content (AvgIpc) is 2.42. The van der Waals surface area contributed by atoms with Crippen LogP contribution in [0.4, 0.5) is 0 Å². The maximum absolute atomic E-state index is 11.6. The van der Waals surface area contributed by atoms with Crippen molar-refractivity contribution in [2.45, 2.75) is 32.4 Å². The lowest BCUT2D eigenvalue weighted by Gasteiger charge is -2.09.